The fourth-order valence-corrected chi connectivity index (χ4v) is 2.25. The van der Waals surface area contributed by atoms with Gasteiger partial charge in [0.25, 0.3) is 0 Å². The molecule has 0 saturated heterocycles. The van der Waals surface area contributed by atoms with Crippen molar-refractivity contribution in [2.75, 3.05) is 5.75 Å². The van der Waals surface area contributed by atoms with Crippen LogP contribution in [0, 0.1) is 11.3 Å². The van der Waals surface area contributed by atoms with E-state index in [-0.39, 0.29) is 11.3 Å². The van der Waals surface area contributed by atoms with Gasteiger partial charge in [-0.3, -0.25) is 4.98 Å². The molecule has 2 aromatic rings. The Labute approximate surface area is 110 Å². The minimum atomic E-state index is -0.0839. The predicted molar refractivity (Wildman–Crippen MR) is 72.5 cm³/mol. The number of benzene rings is 1. The number of hydrogen-bond acceptors (Lipinski definition) is 4. The second-order valence-electron chi connectivity index (χ2n) is 3.66. The van der Waals surface area contributed by atoms with Gasteiger partial charge in [0.15, 0.2) is 5.75 Å². The molecule has 0 aliphatic rings. The average molecular weight is 256 g/mol. The molecule has 18 heavy (non-hydrogen) atoms. The van der Waals surface area contributed by atoms with Crippen molar-refractivity contribution < 1.29 is 5.11 Å². The molecule has 0 bridgehead atoms. The maximum absolute atomic E-state index is 9.41. The lowest BCUT2D eigenvalue weighted by atomic mass is 10.1. The maximum Gasteiger partial charge on any atom is 0.151 e. The summed E-state index contributed by atoms with van der Waals surface area (Å²) in [7, 11) is 0. The fourth-order valence-electron chi connectivity index (χ4n) is 1.58. The van der Waals surface area contributed by atoms with Gasteiger partial charge in [-0.15, -0.1) is 11.8 Å². The Hall–Kier alpha value is -1.99. The molecule has 2 rings (SSSR count). The molecule has 1 aromatic heterocycles. The van der Waals surface area contributed by atoms with Crippen LogP contribution in [0.15, 0.2) is 41.4 Å². The zero-order valence-electron chi connectivity index (χ0n) is 9.92. The summed E-state index contributed by atoms with van der Waals surface area (Å²) in [6, 6.07) is 11.5. The van der Waals surface area contributed by atoms with Crippen molar-refractivity contribution in [2.24, 2.45) is 0 Å². The molecule has 1 N–H and O–H groups in total. The first kappa shape index (κ1) is 12.5. The van der Waals surface area contributed by atoms with E-state index in [0.29, 0.717) is 5.69 Å². The molecule has 0 atom stereocenters. The third-order valence-corrected chi connectivity index (χ3v) is 3.36. The van der Waals surface area contributed by atoms with E-state index < -0.39 is 0 Å². The van der Waals surface area contributed by atoms with Gasteiger partial charge < -0.3 is 5.11 Å². The summed E-state index contributed by atoms with van der Waals surface area (Å²) in [6.07, 6.45) is 1.31. The number of nitriles is 1. The van der Waals surface area contributed by atoms with Crippen molar-refractivity contribution in [1.29, 1.82) is 5.26 Å². The molecule has 1 aromatic carbocycles. The van der Waals surface area contributed by atoms with Crippen LogP contribution in [0.1, 0.15) is 12.5 Å². The fraction of sp³-hybridized carbons (Fsp3) is 0.143. The van der Waals surface area contributed by atoms with Gasteiger partial charge in [-0.2, -0.15) is 5.26 Å². The van der Waals surface area contributed by atoms with E-state index in [0.717, 1.165) is 11.3 Å². The summed E-state index contributed by atoms with van der Waals surface area (Å²) in [5.74, 6) is 0.953. The first-order valence-corrected chi connectivity index (χ1v) is 6.55. The Balaban J connectivity index is 2.34. The molecule has 0 spiro atoms. The summed E-state index contributed by atoms with van der Waals surface area (Å²) >= 11 is 1.78. The minimum absolute atomic E-state index is 0.0839. The minimum Gasteiger partial charge on any atom is -0.505 e. The lowest BCUT2D eigenvalue weighted by Gasteiger charge is -2.04. The number of aromatic hydroxyl groups is 1. The van der Waals surface area contributed by atoms with Crippen molar-refractivity contribution in [3.63, 3.8) is 0 Å². The largest absolute Gasteiger partial charge is 0.505 e. The van der Waals surface area contributed by atoms with E-state index in [2.05, 4.69) is 11.9 Å². The van der Waals surface area contributed by atoms with Crippen LogP contribution in [0.4, 0.5) is 0 Å². The van der Waals surface area contributed by atoms with Gasteiger partial charge in [0, 0.05) is 10.5 Å². The van der Waals surface area contributed by atoms with Crippen molar-refractivity contribution in [2.45, 2.75) is 11.8 Å². The van der Waals surface area contributed by atoms with Gasteiger partial charge in [0.1, 0.15) is 6.07 Å². The summed E-state index contributed by atoms with van der Waals surface area (Å²) in [5.41, 5.74) is 1.87. The molecular formula is C14H12N2OS. The average Bonchev–Trinajstić information content (AvgIpc) is 2.41. The normalized spacial score (nSPS) is 10.0. The summed E-state index contributed by atoms with van der Waals surface area (Å²) < 4.78 is 0. The van der Waals surface area contributed by atoms with Gasteiger partial charge in [-0.1, -0.05) is 19.1 Å². The van der Waals surface area contributed by atoms with Crippen molar-refractivity contribution in [3.05, 3.63) is 42.1 Å². The summed E-state index contributed by atoms with van der Waals surface area (Å²) in [6.45, 7) is 2.11. The first-order chi connectivity index (χ1) is 8.74. The van der Waals surface area contributed by atoms with E-state index in [1.807, 2.05) is 30.3 Å². The van der Waals surface area contributed by atoms with Gasteiger partial charge in [-0.05, 0) is 24.0 Å². The first-order valence-electron chi connectivity index (χ1n) is 5.57. The highest BCUT2D eigenvalue weighted by Crippen LogP contribution is 2.25. The third kappa shape index (κ3) is 2.63. The molecule has 0 unspecified atom stereocenters. The van der Waals surface area contributed by atoms with E-state index in [1.54, 1.807) is 17.8 Å². The molecule has 0 fully saturated rings. The Morgan fingerprint density at radius 1 is 1.33 bits per heavy atom. The van der Waals surface area contributed by atoms with Gasteiger partial charge in [-0.25, -0.2) is 0 Å². The van der Waals surface area contributed by atoms with Crippen molar-refractivity contribution >= 4 is 11.8 Å². The standard InChI is InChI=1S/C14H12N2OS/c1-2-18-12-5-3-10(4-6-12)13-7-11(8-15)14(17)9-16-13/h3-7,9,17H,2H2,1H3. The van der Waals surface area contributed by atoms with Crippen LogP contribution < -0.4 is 0 Å². The Morgan fingerprint density at radius 2 is 2.06 bits per heavy atom. The zero-order valence-corrected chi connectivity index (χ0v) is 10.7. The molecule has 0 aliphatic carbocycles. The molecule has 90 valence electrons. The lowest BCUT2D eigenvalue weighted by molar-refractivity contribution is 0.471. The monoisotopic (exact) mass is 256 g/mol. The predicted octanol–water partition coefficient (Wildman–Crippen LogP) is 3.44. The van der Waals surface area contributed by atoms with E-state index >= 15 is 0 Å². The van der Waals surface area contributed by atoms with Crippen molar-refractivity contribution in [1.82, 2.24) is 4.98 Å². The zero-order chi connectivity index (χ0) is 13.0. The van der Waals surface area contributed by atoms with Crippen molar-refractivity contribution in [3.8, 4) is 23.1 Å². The van der Waals surface area contributed by atoms with Crippen LogP contribution >= 0.6 is 11.8 Å². The Kier molecular flexibility index (Phi) is 3.85. The van der Waals surface area contributed by atoms with Crippen LogP contribution in [0.25, 0.3) is 11.3 Å². The number of nitrogens with zero attached hydrogens (tertiary/aromatic N) is 2. The summed E-state index contributed by atoms with van der Waals surface area (Å²) in [5, 5.41) is 18.3. The molecule has 3 nitrogen and oxygen atoms in total. The highest BCUT2D eigenvalue weighted by atomic mass is 32.2. The Bertz CT molecular complexity index is 588. The van der Waals surface area contributed by atoms with Crippen LogP contribution in [0.2, 0.25) is 0 Å². The smallest absolute Gasteiger partial charge is 0.151 e. The topological polar surface area (TPSA) is 56.9 Å². The third-order valence-electron chi connectivity index (χ3n) is 2.46. The second-order valence-corrected chi connectivity index (χ2v) is 4.99. The number of aromatic nitrogens is 1. The van der Waals surface area contributed by atoms with E-state index in [1.165, 1.54) is 11.1 Å². The molecule has 4 heteroatoms. The van der Waals surface area contributed by atoms with Crippen LogP contribution in [0.5, 0.6) is 5.75 Å². The number of hydrogen-bond donors (Lipinski definition) is 1. The molecule has 1 heterocycles. The number of thioether (sulfide) groups is 1. The van der Waals surface area contributed by atoms with Gasteiger partial charge >= 0.3 is 0 Å². The number of rotatable bonds is 3. The van der Waals surface area contributed by atoms with Crippen LogP contribution in [-0.4, -0.2) is 15.8 Å². The van der Waals surface area contributed by atoms with Gasteiger partial charge in [0.2, 0.25) is 0 Å². The quantitative estimate of drug-likeness (QED) is 0.855. The molecule has 0 radical (unpaired) electrons. The van der Waals surface area contributed by atoms with Crippen LogP contribution in [-0.2, 0) is 0 Å². The second kappa shape index (κ2) is 5.56. The lowest BCUT2D eigenvalue weighted by Crippen LogP contribution is -1.86. The van der Waals surface area contributed by atoms with E-state index in [9.17, 15) is 5.11 Å². The maximum atomic E-state index is 9.41. The summed E-state index contributed by atoms with van der Waals surface area (Å²) in [4.78, 5) is 5.33. The SMILES string of the molecule is CCSc1ccc(-c2cc(C#N)c(O)cn2)cc1. The van der Waals surface area contributed by atoms with Gasteiger partial charge in [0.05, 0.1) is 17.5 Å². The highest BCUT2D eigenvalue weighted by molar-refractivity contribution is 7.99. The molecular weight excluding hydrogens is 244 g/mol. The molecule has 0 amide bonds. The van der Waals surface area contributed by atoms with Crippen LogP contribution in [0.3, 0.4) is 0 Å². The Morgan fingerprint density at radius 3 is 2.67 bits per heavy atom. The molecule has 0 saturated carbocycles. The molecule has 0 aliphatic heterocycles. The number of pyridine rings is 1. The highest BCUT2D eigenvalue weighted by Gasteiger charge is 2.05. The van der Waals surface area contributed by atoms with E-state index in [4.69, 9.17) is 5.26 Å².